The van der Waals surface area contributed by atoms with Gasteiger partial charge in [0.1, 0.15) is 0 Å². The number of hydrogen-bond donors (Lipinski definition) is 1. The Bertz CT molecular complexity index is 543. The van der Waals surface area contributed by atoms with Gasteiger partial charge in [0.15, 0.2) is 0 Å². The lowest BCUT2D eigenvalue weighted by atomic mass is 10.0. The van der Waals surface area contributed by atoms with Crippen LogP contribution in [0.2, 0.25) is 0 Å². The fourth-order valence-corrected chi connectivity index (χ4v) is 1.40. The number of halogens is 6. The number of hydrazone groups is 1. The molecule has 1 amide bonds. The summed E-state index contributed by atoms with van der Waals surface area (Å²) in [4.78, 5) is 11.6. The predicted octanol–water partition coefficient (Wildman–Crippen LogP) is 4.10. The highest BCUT2D eigenvalue weighted by Crippen LogP contribution is 2.36. The van der Waals surface area contributed by atoms with E-state index in [0.29, 0.717) is 12.1 Å². The Morgan fingerprint density at radius 2 is 1.50 bits per heavy atom. The van der Waals surface area contributed by atoms with E-state index < -0.39 is 35.0 Å². The number of benzene rings is 1. The highest BCUT2D eigenvalue weighted by molar-refractivity contribution is 5.94. The van der Waals surface area contributed by atoms with Gasteiger partial charge in [-0.15, -0.1) is 0 Å². The third kappa shape index (κ3) is 5.05. The second-order valence-electron chi connectivity index (χ2n) is 4.76. The zero-order valence-electron chi connectivity index (χ0n) is 11.5. The summed E-state index contributed by atoms with van der Waals surface area (Å²) in [5.41, 5.74) is -2.00. The van der Waals surface area contributed by atoms with E-state index in [1.165, 1.54) is 6.21 Å². The van der Waals surface area contributed by atoms with Crippen LogP contribution in [0.4, 0.5) is 26.3 Å². The van der Waals surface area contributed by atoms with E-state index in [1.54, 1.807) is 13.8 Å². The van der Waals surface area contributed by atoms with Gasteiger partial charge in [0.2, 0.25) is 0 Å². The first kappa shape index (κ1) is 18.0. The molecule has 0 bridgehead atoms. The van der Waals surface area contributed by atoms with Gasteiger partial charge >= 0.3 is 12.4 Å². The topological polar surface area (TPSA) is 41.5 Å². The van der Waals surface area contributed by atoms with Crippen molar-refractivity contribution in [3.05, 3.63) is 34.9 Å². The SMILES string of the molecule is CC(C)/C=N/NC(=O)c1cc(C(F)(F)F)cc(C(F)(F)F)c1. The Hall–Kier alpha value is -2.06. The lowest BCUT2D eigenvalue weighted by molar-refractivity contribution is -0.143. The first-order chi connectivity index (χ1) is 9.91. The number of alkyl halides is 6. The normalized spacial score (nSPS) is 13.0. The fourth-order valence-electron chi connectivity index (χ4n) is 1.40. The molecule has 9 heteroatoms. The Morgan fingerprint density at radius 3 is 1.86 bits per heavy atom. The van der Waals surface area contributed by atoms with Crippen molar-refractivity contribution in [2.45, 2.75) is 26.2 Å². The Morgan fingerprint density at radius 1 is 1.05 bits per heavy atom. The highest BCUT2D eigenvalue weighted by Gasteiger charge is 2.37. The zero-order valence-corrected chi connectivity index (χ0v) is 11.5. The minimum absolute atomic E-state index is 0.0475. The summed E-state index contributed by atoms with van der Waals surface area (Å²) in [7, 11) is 0. The smallest absolute Gasteiger partial charge is 0.267 e. The van der Waals surface area contributed by atoms with Gasteiger partial charge in [-0.2, -0.15) is 31.4 Å². The van der Waals surface area contributed by atoms with E-state index in [2.05, 4.69) is 5.10 Å². The van der Waals surface area contributed by atoms with E-state index in [4.69, 9.17) is 0 Å². The summed E-state index contributed by atoms with van der Waals surface area (Å²) in [5.74, 6) is -1.21. The summed E-state index contributed by atoms with van der Waals surface area (Å²) in [5, 5.41) is 3.44. The molecule has 3 nitrogen and oxygen atoms in total. The molecule has 1 N–H and O–H groups in total. The second-order valence-corrected chi connectivity index (χ2v) is 4.76. The lowest BCUT2D eigenvalue weighted by Gasteiger charge is -2.13. The number of hydrogen-bond acceptors (Lipinski definition) is 2. The van der Waals surface area contributed by atoms with Crippen LogP contribution in [0.5, 0.6) is 0 Å². The summed E-state index contributed by atoms with van der Waals surface area (Å²) in [6, 6.07) is 0.638. The maximum Gasteiger partial charge on any atom is 0.416 e. The van der Waals surface area contributed by atoms with Crippen LogP contribution in [-0.4, -0.2) is 12.1 Å². The van der Waals surface area contributed by atoms with Crippen LogP contribution in [0.3, 0.4) is 0 Å². The van der Waals surface area contributed by atoms with Crippen molar-refractivity contribution < 1.29 is 31.1 Å². The first-order valence-corrected chi connectivity index (χ1v) is 6.04. The molecule has 0 saturated carbocycles. The van der Waals surface area contributed by atoms with Crippen LogP contribution >= 0.6 is 0 Å². The Kier molecular flexibility index (Phi) is 5.21. The molecule has 0 unspecified atom stereocenters. The van der Waals surface area contributed by atoms with E-state index in [0.717, 1.165) is 0 Å². The van der Waals surface area contributed by atoms with Crippen molar-refractivity contribution in [3.8, 4) is 0 Å². The van der Waals surface area contributed by atoms with Crippen molar-refractivity contribution in [3.63, 3.8) is 0 Å². The minimum Gasteiger partial charge on any atom is -0.267 e. The van der Waals surface area contributed by atoms with Crippen molar-refractivity contribution >= 4 is 12.1 Å². The zero-order chi connectivity index (χ0) is 17.1. The summed E-state index contributed by atoms with van der Waals surface area (Å²) >= 11 is 0. The molecule has 0 heterocycles. The monoisotopic (exact) mass is 326 g/mol. The maximum atomic E-state index is 12.6. The van der Waals surface area contributed by atoms with Gasteiger partial charge in [0.05, 0.1) is 11.1 Å². The number of amides is 1. The van der Waals surface area contributed by atoms with Gasteiger partial charge in [0, 0.05) is 11.8 Å². The molecular weight excluding hydrogens is 314 g/mol. The number of carbonyl (C=O) groups is 1. The van der Waals surface area contributed by atoms with Crippen LogP contribution in [0.25, 0.3) is 0 Å². The van der Waals surface area contributed by atoms with Crippen molar-refractivity contribution in [1.82, 2.24) is 5.43 Å². The van der Waals surface area contributed by atoms with Crippen LogP contribution < -0.4 is 5.43 Å². The van der Waals surface area contributed by atoms with Gasteiger partial charge in [0.25, 0.3) is 5.91 Å². The van der Waals surface area contributed by atoms with Crippen LogP contribution in [0.1, 0.15) is 35.3 Å². The molecule has 0 atom stereocenters. The van der Waals surface area contributed by atoms with Gasteiger partial charge in [-0.05, 0) is 24.1 Å². The lowest BCUT2D eigenvalue weighted by Crippen LogP contribution is -2.20. The van der Waals surface area contributed by atoms with E-state index in [1.807, 2.05) is 5.43 Å². The van der Waals surface area contributed by atoms with E-state index in [9.17, 15) is 31.1 Å². The molecule has 22 heavy (non-hydrogen) atoms. The predicted molar refractivity (Wildman–Crippen MR) is 67.2 cm³/mol. The van der Waals surface area contributed by atoms with Crippen molar-refractivity contribution in [1.29, 1.82) is 0 Å². The summed E-state index contributed by atoms with van der Waals surface area (Å²) < 4.78 is 75.8. The molecule has 0 saturated heterocycles. The van der Waals surface area contributed by atoms with Gasteiger partial charge in [-0.1, -0.05) is 13.8 Å². The molecule has 1 aromatic carbocycles. The van der Waals surface area contributed by atoms with Crippen molar-refractivity contribution in [2.24, 2.45) is 11.0 Å². The average Bonchev–Trinajstić information content (AvgIpc) is 2.35. The highest BCUT2D eigenvalue weighted by atomic mass is 19.4. The van der Waals surface area contributed by atoms with Gasteiger partial charge in [-0.3, -0.25) is 4.79 Å². The molecule has 0 aliphatic heterocycles. The number of carbonyl (C=O) groups excluding carboxylic acids is 1. The van der Waals surface area contributed by atoms with E-state index in [-0.39, 0.29) is 12.0 Å². The molecule has 0 fully saturated rings. The average molecular weight is 326 g/mol. The second kappa shape index (κ2) is 6.37. The van der Waals surface area contributed by atoms with E-state index >= 15 is 0 Å². The Balaban J connectivity index is 3.21. The molecule has 0 aromatic heterocycles. The largest absolute Gasteiger partial charge is 0.416 e. The van der Waals surface area contributed by atoms with Crippen LogP contribution in [0, 0.1) is 5.92 Å². The molecule has 0 radical (unpaired) electrons. The summed E-state index contributed by atoms with van der Waals surface area (Å²) in [6.45, 7) is 3.45. The van der Waals surface area contributed by atoms with Gasteiger partial charge < -0.3 is 0 Å². The molecule has 1 rings (SSSR count). The molecule has 122 valence electrons. The number of nitrogens with one attached hydrogen (secondary N) is 1. The third-order valence-corrected chi connectivity index (χ3v) is 2.39. The Labute approximate surface area is 122 Å². The maximum absolute atomic E-state index is 12.6. The fraction of sp³-hybridized carbons (Fsp3) is 0.385. The van der Waals surface area contributed by atoms with Crippen LogP contribution in [0.15, 0.2) is 23.3 Å². The third-order valence-electron chi connectivity index (χ3n) is 2.39. The molecule has 0 aliphatic carbocycles. The number of rotatable bonds is 3. The molecular formula is C13H12F6N2O. The summed E-state index contributed by atoms with van der Waals surface area (Å²) in [6.07, 6.45) is -8.72. The van der Waals surface area contributed by atoms with Crippen LogP contribution in [-0.2, 0) is 12.4 Å². The van der Waals surface area contributed by atoms with Gasteiger partial charge in [-0.25, -0.2) is 5.43 Å². The molecule has 0 spiro atoms. The number of nitrogens with zero attached hydrogens (tertiary/aromatic N) is 1. The minimum atomic E-state index is -5.00. The van der Waals surface area contributed by atoms with Crippen molar-refractivity contribution in [2.75, 3.05) is 0 Å². The molecule has 1 aromatic rings. The standard InChI is InChI=1S/C13H12F6N2O/c1-7(2)6-20-21-11(22)8-3-9(12(14,15)16)5-10(4-8)13(17,18)19/h3-7H,1-2H3,(H,21,22)/b20-6+. The molecule has 0 aliphatic rings. The quantitative estimate of drug-likeness (QED) is 0.507. The first-order valence-electron chi connectivity index (χ1n) is 6.04.